The average molecular weight is 1280 g/mol. The van der Waals surface area contributed by atoms with Gasteiger partial charge in [0.05, 0.1) is 84.7 Å². The van der Waals surface area contributed by atoms with Crippen molar-refractivity contribution < 1.29 is 70.6 Å². The van der Waals surface area contributed by atoms with E-state index in [2.05, 4.69) is 10.3 Å². The Kier molecular flexibility index (Phi) is 25.1. The number of carbonyl (C=O) groups is 4. The Morgan fingerprint density at radius 3 is 2.00 bits per heavy atom. The molecule has 4 heterocycles. The zero-order valence-corrected chi connectivity index (χ0v) is 53.2. The molecule has 3 atom stereocenters. The maximum absolute atomic E-state index is 14.3. The molecule has 3 aliphatic heterocycles. The first-order valence-electron chi connectivity index (χ1n) is 30.5. The standard InChI is InChI=1S/C66H80F3N7O12S2/c1-44(2)58(74-41-49-14-8-9-15-54(49)61(74)79)62(80)73-42-52(77)38-56(73)60(78)71-40-48-17-16-46(59-45(3)72-43-90-59)36-57(48)88-35-33-86-31-29-84-27-13-7-11-25-82-24-10-6-12-26-83-28-30-85-32-34-87-53-22-20-50(21-23-53)76-64(89)75(63(81)65(76,4)5)51-19-18-47(39-70)55(37-51)66(67,68)69/h8-9,14-23,36-37,43-44,52,56,58,77H,6-7,10-13,24-35,38,40-42H2,1-5H3,(H,71,78)/t52-,56+,58?/m1/s1. The van der Waals surface area contributed by atoms with Crippen LogP contribution in [-0.2, 0) is 57.3 Å². The number of aliphatic hydroxyl groups is 1. The number of aliphatic hydroxyl groups excluding tert-OH is 1. The van der Waals surface area contributed by atoms with Crippen LogP contribution in [-0.4, -0.2) is 158 Å². The Hall–Kier alpha value is -7.08. The van der Waals surface area contributed by atoms with Gasteiger partial charge in [-0.15, -0.1) is 11.3 Å². The fourth-order valence-corrected chi connectivity index (χ4v) is 12.4. The van der Waals surface area contributed by atoms with Crippen LogP contribution in [0.3, 0.4) is 0 Å². The minimum absolute atomic E-state index is 0.00524. The highest BCUT2D eigenvalue weighted by Gasteiger charge is 2.51. The number of thiocarbonyl (C=S) groups is 1. The number of benzene rings is 4. The van der Waals surface area contributed by atoms with E-state index < -0.39 is 52.8 Å². The number of β-amino-alcohol motifs (C(OH)–C–C–N with tert-alkyl or cyclic N) is 1. The summed E-state index contributed by atoms with van der Waals surface area (Å²) in [5, 5.41) is 23.0. The van der Waals surface area contributed by atoms with Gasteiger partial charge in [-0.3, -0.25) is 24.1 Å². The van der Waals surface area contributed by atoms with Crippen molar-refractivity contribution in [1.29, 1.82) is 5.26 Å². The van der Waals surface area contributed by atoms with Crippen molar-refractivity contribution in [2.24, 2.45) is 5.92 Å². The molecule has 0 spiro atoms. The van der Waals surface area contributed by atoms with Crippen LogP contribution in [0.4, 0.5) is 24.5 Å². The molecule has 0 saturated carbocycles. The maximum atomic E-state index is 14.3. The van der Waals surface area contributed by atoms with Gasteiger partial charge in [-0.2, -0.15) is 18.4 Å². The normalized spacial score (nSPS) is 16.7. The third-order valence-electron chi connectivity index (χ3n) is 15.8. The molecular formula is C66H80F3N7O12S2. The fraction of sp³-hybridized carbons (Fsp3) is 0.500. The molecule has 4 amide bonds. The Morgan fingerprint density at radius 1 is 0.800 bits per heavy atom. The highest BCUT2D eigenvalue weighted by Crippen LogP contribution is 2.41. The lowest BCUT2D eigenvalue weighted by Gasteiger charge is -2.35. The number of alkyl halides is 3. The second-order valence-electron chi connectivity index (χ2n) is 23.0. The van der Waals surface area contributed by atoms with Crippen LogP contribution in [0.1, 0.15) is 111 Å². The van der Waals surface area contributed by atoms with Gasteiger partial charge >= 0.3 is 6.18 Å². The zero-order chi connectivity index (χ0) is 64.4. The molecule has 3 aliphatic rings. The zero-order valence-electron chi connectivity index (χ0n) is 51.6. The van der Waals surface area contributed by atoms with Gasteiger partial charge in [-0.05, 0) is 143 Å². The molecule has 2 saturated heterocycles. The van der Waals surface area contributed by atoms with Crippen molar-refractivity contribution in [1.82, 2.24) is 20.1 Å². The molecule has 0 bridgehead atoms. The number of halogens is 3. The number of fused-ring (bicyclic) bond motifs is 1. The number of hydrogen-bond donors (Lipinski definition) is 2. The molecule has 0 radical (unpaired) electrons. The number of nitriles is 1. The number of rotatable bonds is 35. The number of carbonyl (C=O) groups excluding carboxylic acids is 4. The van der Waals surface area contributed by atoms with Crippen molar-refractivity contribution in [3.05, 3.63) is 124 Å². The number of thiazole rings is 1. The number of aromatic nitrogens is 1. The number of anilines is 2. The van der Waals surface area contributed by atoms with Crippen LogP contribution >= 0.6 is 23.6 Å². The summed E-state index contributed by atoms with van der Waals surface area (Å²) in [6.07, 6.45) is 0.117. The molecule has 5 aromatic rings. The lowest BCUT2D eigenvalue weighted by molar-refractivity contribution is -0.143. The second-order valence-corrected chi connectivity index (χ2v) is 24.2. The number of ether oxygens (including phenoxy) is 7. The largest absolute Gasteiger partial charge is 0.491 e. The van der Waals surface area contributed by atoms with E-state index in [0.717, 1.165) is 82.8 Å². The molecule has 484 valence electrons. The van der Waals surface area contributed by atoms with Gasteiger partial charge in [0, 0.05) is 69.3 Å². The van der Waals surface area contributed by atoms with E-state index >= 15 is 0 Å². The molecule has 0 aliphatic carbocycles. The van der Waals surface area contributed by atoms with E-state index in [1.54, 1.807) is 71.6 Å². The third-order valence-corrected chi connectivity index (χ3v) is 17.1. The Labute approximate surface area is 533 Å². The number of nitrogens with one attached hydrogen (secondary N) is 1. The monoisotopic (exact) mass is 1280 g/mol. The Morgan fingerprint density at radius 2 is 1.40 bits per heavy atom. The van der Waals surface area contributed by atoms with Gasteiger partial charge in [0.25, 0.3) is 11.8 Å². The van der Waals surface area contributed by atoms with E-state index in [9.17, 15) is 42.7 Å². The van der Waals surface area contributed by atoms with Crippen molar-refractivity contribution >= 4 is 63.7 Å². The van der Waals surface area contributed by atoms with Crippen molar-refractivity contribution in [3.8, 4) is 28.0 Å². The van der Waals surface area contributed by atoms with E-state index in [1.807, 2.05) is 51.1 Å². The number of hydrogen-bond acceptors (Lipinski definition) is 16. The number of nitrogens with zero attached hydrogens (tertiary/aromatic N) is 6. The molecule has 8 rings (SSSR count). The second kappa shape index (κ2) is 32.8. The minimum Gasteiger partial charge on any atom is -0.491 e. The summed E-state index contributed by atoms with van der Waals surface area (Å²) in [6, 6.07) is 22.9. The molecular weight excluding hydrogens is 1200 g/mol. The quantitative estimate of drug-likeness (QED) is 0.0285. The van der Waals surface area contributed by atoms with Gasteiger partial charge < -0.3 is 58.3 Å². The SMILES string of the molecule is Cc1ncsc1-c1ccc(CNC(=O)[C@@H]2C[C@@H](O)CN2C(=O)C(C(C)C)N2Cc3ccccc3C2=O)c(OCCOCCOCCCCCOCCCCCOCCOCCOc2ccc(N3C(=S)N(c4ccc(C#N)c(C(F)(F)F)c4)C(=O)C3(C)C)cc2)c1. The topological polar surface area (TPSA) is 215 Å². The molecule has 4 aromatic carbocycles. The average Bonchev–Trinajstić information content (AvgIpc) is 1.59. The molecule has 90 heavy (non-hydrogen) atoms. The Bertz CT molecular complexity index is 3290. The van der Waals surface area contributed by atoms with Crippen molar-refractivity contribution in [2.45, 2.75) is 123 Å². The third kappa shape index (κ3) is 17.7. The highest BCUT2D eigenvalue weighted by atomic mass is 32.1. The van der Waals surface area contributed by atoms with E-state index in [0.29, 0.717) is 95.4 Å². The number of amides is 4. The summed E-state index contributed by atoms with van der Waals surface area (Å²) >= 11 is 7.15. The highest BCUT2D eigenvalue weighted by molar-refractivity contribution is 7.81. The predicted octanol–water partition coefficient (Wildman–Crippen LogP) is 10.1. The van der Waals surface area contributed by atoms with Gasteiger partial charge in [0.15, 0.2) is 5.11 Å². The lowest BCUT2D eigenvalue weighted by atomic mass is 10.0. The van der Waals surface area contributed by atoms with Gasteiger partial charge in [0.1, 0.15) is 42.3 Å². The van der Waals surface area contributed by atoms with E-state index in [1.165, 1.54) is 22.3 Å². The molecule has 1 aromatic heterocycles. The smallest absolute Gasteiger partial charge is 0.417 e. The first-order chi connectivity index (χ1) is 43.3. The van der Waals surface area contributed by atoms with Crippen LogP contribution in [0.25, 0.3) is 10.4 Å². The Balaban J connectivity index is 0.624. The van der Waals surface area contributed by atoms with Crippen LogP contribution in [0.2, 0.25) is 0 Å². The molecule has 2 fully saturated rings. The summed E-state index contributed by atoms with van der Waals surface area (Å²) < 4.78 is 82.1. The van der Waals surface area contributed by atoms with Crippen LogP contribution in [0.15, 0.2) is 90.4 Å². The molecule has 24 heteroatoms. The van der Waals surface area contributed by atoms with Gasteiger partial charge in [-0.1, -0.05) is 44.2 Å². The number of aryl methyl sites for hydroxylation is 1. The first-order valence-corrected chi connectivity index (χ1v) is 31.8. The summed E-state index contributed by atoms with van der Waals surface area (Å²) in [5.74, 6) is -0.599. The number of unbranched alkanes of at least 4 members (excludes halogenated alkanes) is 4. The lowest BCUT2D eigenvalue weighted by Crippen LogP contribution is -2.55. The van der Waals surface area contributed by atoms with E-state index in [4.69, 9.17) is 45.4 Å². The van der Waals surface area contributed by atoms with Crippen molar-refractivity contribution in [3.63, 3.8) is 0 Å². The van der Waals surface area contributed by atoms with Crippen molar-refractivity contribution in [2.75, 3.05) is 95.6 Å². The summed E-state index contributed by atoms with van der Waals surface area (Å²) in [6.45, 7) is 15.0. The van der Waals surface area contributed by atoms with Gasteiger partial charge in [-0.25, -0.2) is 4.98 Å². The molecule has 19 nitrogen and oxygen atoms in total. The minimum atomic E-state index is -4.79. The summed E-state index contributed by atoms with van der Waals surface area (Å²) in [5.41, 5.74) is 3.34. The first kappa shape index (κ1) is 68.8. The maximum Gasteiger partial charge on any atom is 0.417 e. The van der Waals surface area contributed by atoms with Gasteiger partial charge in [0.2, 0.25) is 11.8 Å². The molecule has 2 N–H and O–H groups in total. The predicted molar refractivity (Wildman–Crippen MR) is 337 cm³/mol. The number of likely N-dealkylation sites (tertiary alicyclic amines) is 1. The summed E-state index contributed by atoms with van der Waals surface area (Å²) in [4.78, 5) is 66.2. The van der Waals surface area contributed by atoms with Crippen LogP contribution < -0.4 is 24.6 Å². The molecule has 1 unspecified atom stereocenters. The van der Waals surface area contributed by atoms with Crippen LogP contribution in [0.5, 0.6) is 11.5 Å². The summed E-state index contributed by atoms with van der Waals surface area (Å²) in [7, 11) is 0. The fourth-order valence-electron chi connectivity index (χ4n) is 11.1. The van der Waals surface area contributed by atoms with Crippen LogP contribution in [0, 0.1) is 24.2 Å². The van der Waals surface area contributed by atoms with E-state index in [-0.39, 0.29) is 61.3 Å².